The van der Waals surface area contributed by atoms with Gasteiger partial charge >= 0.3 is 0 Å². The lowest BCUT2D eigenvalue weighted by atomic mass is 10.0. The highest BCUT2D eigenvalue weighted by molar-refractivity contribution is 9.10. The Labute approximate surface area is 112 Å². The smallest absolute Gasteiger partial charge is 0.243 e. The highest BCUT2D eigenvalue weighted by Gasteiger charge is 2.29. The Morgan fingerprint density at radius 1 is 1.53 bits per heavy atom. The van der Waals surface area contributed by atoms with Gasteiger partial charge < -0.3 is 15.3 Å². The van der Waals surface area contributed by atoms with Crippen LogP contribution in [0.25, 0.3) is 11.0 Å². The van der Waals surface area contributed by atoms with Gasteiger partial charge in [0.2, 0.25) is 5.91 Å². The molecule has 0 aliphatic rings. The zero-order valence-corrected chi connectivity index (χ0v) is 11.9. The quantitative estimate of drug-likeness (QED) is 0.837. The maximum atomic E-state index is 11.5. The van der Waals surface area contributed by atoms with Crippen LogP contribution in [0.15, 0.2) is 22.7 Å². The molecule has 2 aromatic rings. The van der Waals surface area contributed by atoms with Gasteiger partial charge in [0.15, 0.2) is 4.77 Å². The van der Waals surface area contributed by atoms with Crippen molar-refractivity contribution in [1.82, 2.24) is 9.55 Å². The van der Waals surface area contributed by atoms with Crippen LogP contribution in [0.5, 0.6) is 0 Å². The van der Waals surface area contributed by atoms with Crippen LogP contribution in [0.2, 0.25) is 0 Å². The number of rotatable bonds is 2. The zero-order valence-electron chi connectivity index (χ0n) is 9.45. The van der Waals surface area contributed by atoms with Gasteiger partial charge in [0.25, 0.3) is 0 Å². The third kappa shape index (κ3) is 1.91. The SMILES string of the molecule is CC(C)(C(N)=O)n1c(=S)[nH]c2ccc(Br)cc21. The predicted molar refractivity (Wildman–Crippen MR) is 73.3 cm³/mol. The van der Waals surface area contributed by atoms with E-state index >= 15 is 0 Å². The van der Waals surface area contributed by atoms with E-state index in [0.29, 0.717) is 4.77 Å². The van der Waals surface area contributed by atoms with Gasteiger partial charge in [0.05, 0.1) is 11.0 Å². The Kier molecular flexibility index (Phi) is 2.87. The van der Waals surface area contributed by atoms with Crippen molar-refractivity contribution in [1.29, 1.82) is 0 Å². The molecule has 4 nitrogen and oxygen atoms in total. The van der Waals surface area contributed by atoms with Crippen molar-refractivity contribution in [2.45, 2.75) is 19.4 Å². The number of carbonyl (C=O) groups is 1. The van der Waals surface area contributed by atoms with Crippen LogP contribution < -0.4 is 5.73 Å². The summed E-state index contributed by atoms with van der Waals surface area (Å²) in [6.07, 6.45) is 0. The van der Waals surface area contributed by atoms with E-state index in [-0.39, 0.29) is 0 Å². The van der Waals surface area contributed by atoms with E-state index < -0.39 is 11.4 Å². The van der Waals surface area contributed by atoms with E-state index in [9.17, 15) is 4.79 Å². The molecule has 90 valence electrons. The second-order valence-electron chi connectivity index (χ2n) is 4.35. The zero-order chi connectivity index (χ0) is 12.8. The van der Waals surface area contributed by atoms with Gasteiger partial charge in [-0.15, -0.1) is 0 Å². The first-order chi connectivity index (χ1) is 7.84. The number of aromatic amines is 1. The Hall–Kier alpha value is -1.14. The van der Waals surface area contributed by atoms with Gasteiger partial charge in [0, 0.05) is 4.47 Å². The van der Waals surface area contributed by atoms with Crippen LogP contribution in [0.4, 0.5) is 0 Å². The van der Waals surface area contributed by atoms with Crippen molar-refractivity contribution in [2.75, 3.05) is 0 Å². The van der Waals surface area contributed by atoms with Crippen molar-refractivity contribution in [2.24, 2.45) is 5.73 Å². The molecule has 0 bridgehead atoms. The number of H-pyrrole nitrogens is 1. The summed E-state index contributed by atoms with van der Waals surface area (Å²) < 4.78 is 3.15. The summed E-state index contributed by atoms with van der Waals surface area (Å²) in [5.41, 5.74) is 6.30. The second kappa shape index (κ2) is 3.96. The molecule has 0 unspecified atom stereocenters. The number of benzene rings is 1. The summed E-state index contributed by atoms with van der Waals surface area (Å²) in [6, 6.07) is 5.73. The molecule has 0 spiro atoms. The van der Waals surface area contributed by atoms with Crippen LogP contribution in [0.1, 0.15) is 13.8 Å². The lowest BCUT2D eigenvalue weighted by molar-refractivity contribution is -0.124. The first-order valence-corrected chi connectivity index (χ1v) is 6.25. The van der Waals surface area contributed by atoms with Gasteiger partial charge in [-0.05, 0) is 44.3 Å². The Morgan fingerprint density at radius 2 is 2.18 bits per heavy atom. The predicted octanol–water partition coefficient (Wildman–Crippen LogP) is 2.68. The third-order valence-corrected chi connectivity index (χ3v) is 3.59. The number of nitrogens with two attached hydrogens (primary N) is 1. The second-order valence-corrected chi connectivity index (χ2v) is 5.65. The minimum atomic E-state index is -0.865. The Bertz CT molecular complexity index is 656. The molecule has 0 aliphatic carbocycles. The van der Waals surface area contributed by atoms with E-state index in [1.165, 1.54) is 0 Å². The molecule has 0 saturated carbocycles. The molecule has 0 atom stereocenters. The van der Waals surface area contributed by atoms with Crippen LogP contribution in [0, 0.1) is 4.77 Å². The summed E-state index contributed by atoms with van der Waals surface area (Å²) in [6.45, 7) is 3.50. The van der Waals surface area contributed by atoms with Gasteiger partial charge in [-0.25, -0.2) is 0 Å². The maximum absolute atomic E-state index is 11.5. The van der Waals surface area contributed by atoms with Crippen LogP contribution in [-0.4, -0.2) is 15.5 Å². The number of primary amides is 1. The highest BCUT2D eigenvalue weighted by atomic mass is 79.9. The molecule has 0 radical (unpaired) electrons. The van der Waals surface area contributed by atoms with Crippen LogP contribution in [-0.2, 0) is 10.3 Å². The van der Waals surface area contributed by atoms with Crippen molar-refractivity contribution >= 4 is 45.1 Å². The monoisotopic (exact) mass is 313 g/mol. The number of aromatic nitrogens is 2. The van der Waals surface area contributed by atoms with Crippen molar-refractivity contribution in [3.8, 4) is 0 Å². The van der Waals surface area contributed by atoms with E-state index in [2.05, 4.69) is 20.9 Å². The summed E-state index contributed by atoms with van der Waals surface area (Å²) in [5.74, 6) is -0.422. The summed E-state index contributed by atoms with van der Waals surface area (Å²) >= 11 is 8.65. The molecule has 1 aromatic carbocycles. The maximum Gasteiger partial charge on any atom is 0.243 e. The fourth-order valence-corrected chi connectivity index (χ4v) is 2.53. The van der Waals surface area contributed by atoms with Crippen molar-refractivity contribution in [3.05, 3.63) is 27.4 Å². The average Bonchev–Trinajstić information content (AvgIpc) is 2.53. The lowest BCUT2D eigenvalue weighted by Crippen LogP contribution is -2.41. The number of fused-ring (bicyclic) bond motifs is 1. The summed E-state index contributed by atoms with van der Waals surface area (Å²) in [7, 11) is 0. The molecule has 6 heteroatoms. The molecule has 3 N–H and O–H groups in total. The van der Waals surface area contributed by atoms with E-state index in [1.54, 1.807) is 18.4 Å². The normalized spacial score (nSPS) is 11.9. The molecule has 0 saturated heterocycles. The fraction of sp³-hybridized carbons (Fsp3) is 0.273. The molecule has 0 fully saturated rings. The molecule has 1 aromatic heterocycles. The number of amides is 1. The fourth-order valence-electron chi connectivity index (χ4n) is 1.74. The third-order valence-electron chi connectivity index (χ3n) is 2.81. The van der Waals surface area contributed by atoms with Crippen molar-refractivity contribution in [3.63, 3.8) is 0 Å². The lowest BCUT2D eigenvalue weighted by Gasteiger charge is -2.23. The van der Waals surface area contributed by atoms with Crippen molar-refractivity contribution < 1.29 is 4.79 Å². The molecule has 17 heavy (non-hydrogen) atoms. The number of nitrogens with one attached hydrogen (secondary N) is 1. The number of halogens is 1. The number of hydrogen-bond donors (Lipinski definition) is 2. The standard InChI is InChI=1S/C11H12BrN3OS/c1-11(2,9(13)16)15-8-5-6(12)3-4-7(8)14-10(15)17/h3-5H,1-2H3,(H2,13,16)(H,14,17). The van der Waals surface area contributed by atoms with Gasteiger partial charge in [-0.3, -0.25) is 4.79 Å². The van der Waals surface area contributed by atoms with E-state index in [4.69, 9.17) is 18.0 Å². The minimum absolute atomic E-state index is 0.422. The topological polar surface area (TPSA) is 63.8 Å². The van der Waals surface area contributed by atoms with Crippen LogP contribution >= 0.6 is 28.1 Å². The highest BCUT2D eigenvalue weighted by Crippen LogP contribution is 2.25. The van der Waals surface area contributed by atoms with Gasteiger partial charge in [0.1, 0.15) is 5.54 Å². The Morgan fingerprint density at radius 3 is 2.76 bits per heavy atom. The summed E-state index contributed by atoms with van der Waals surface area (Å²) in [5, 5.41) is 0. The molecular formula is C11H12BrN3OS. The van der Waals surface area contributed by atoms with Crippen LogP contribution in [0.3, 0.4) is 0 Å². The molecular weight excluding hydrogens is 302 g/mol. The summed E-state index contributed by atoms with van der Waals surface area (Å²) in [4.78, 5) is 14.6. The van der Waals surface area contributed by atoms with E-state index in [0.717, 1.165) is 15.5 Å². The first kappa shape index (κ1) is 12.3. The Balaban J connectivity index is 2.86. The number of carbonyl (C=O) groups excluding carboxylic acids is 1. The number of imidazole rings is 1. The van der Waals surface area contributed by atoms with Gasteiger partial charge in [-0.1, -0.05) is 15.9 Å². The molecule has 1 heterocycles. The minimum Gasteiger partial charge on any atom is -0.368 e. The van der Waals surface area contributed by atoms with Gasteiger partial charge in [-0.2, -0.15) is 0 Å². The number of nitrogens with zero attached hydrogens (tertiary/aromatic N) is 1. The molecule has 1 amide bonds. The average molecular weight is 314 g/mol. The molecule has 2 rings (SSSR count). The van der Waals surface area contributed by atoms with E-state index in [1.807, 2.05) is 18.2 Å². The molecule has 0 aliphatic heterocycles. The largest absolute Gasteiger partial charge is 0.368 e. The first-order valence-electron chi connectivity index (χ1n) is 5.04. The number of hydrogen-bond acceptors (Lipinski definition) is 2.